The van der Waals surface area contributed by atoms with Crippen LogP contribution in [-0.2, 0) is 0 Å². The molecule has 3 heteroatoms. The topological polar surface area (TPSA) is 52.0 Å². The first kappa shape index (κ1) is 8.71. The van der Waals surface area contributed by atoms with Gasteiger partial charge in [-0.1, -0.05) is 6.07 Å². The van der Waals surface area contributed by atoms with Crippen LogP contribution in [0.2, 0.25) is 0 Å². The van der Waals surface area contributed by atoms with Crippen LogP contribution in [0.1, 0.15) is 23.8 Å². The van der Waals surface area contributed by atoms with Crippen molar-refractivity contribution in [1.82, 2.24) is 0 Å². The maximum absolute atomic E-state index is 5.88. The van der Waals surface area contributed by atoms with Crippen molar-refractivity contribution >= 4 is 11.3 Å². The van der Waals surface area contributed by atoms with E-state index in [9.17, 15) is 0 Å². The SMILES string of the molecule is NCCCC(N)c1cccs1. The first-order chi connectivity index (χ1) is 5.34. The minimum Gasteiger partial charge on any atom is -0.330 e. The monoisotopic (exact) mass is 170 g/mol. The molecular formula is C8H14N2S. The lowest BCUT2D eigenvalue weighted by Gasteiger charge is -2.06. The molecule has 0 aliphatic heterocycles. The van der Waals surface area contributed by atoms with Crippen LogP contribution in [-0.4, -0.2) is 6.54 Å². The Morgan fingerprint density at radius 3 is 2.91 bits per heavy atom. The Morgan fingerprint density at radius 2 is 2.36 bits per heavy atom. The Morgan fingerprint density at radius 1 is 1.55 bits per heavy atom. The van der Waals surface area contributed by atoms with Gasteiger partial charge < -0.3 is 11.5 Å². The molecule has 0 bridgehead atoms. The summed E-state index contributed by atoms with van der Waals surface area (Å²) in [4.78, 5) is 1.26. The summed E-state index contributed by atoms with van der Waals surface area (Å²) in [6.45, 7) is 0.735. The summed E-state index contributed by atoms with van der Waals surface area (Å²) in [5, 5.41) is 2.05. The molecule has 4 N–H and O–H groups in total. The quantitative estimate of drug-likeness (QED) is 0.719. The highest BCUT2D eigenvalue weighted by atomic mass is 32.1. The normalized spacial score (nSPS) is 13.3. The van der Waals surface area contributed by atoms with Gasteiger partial charge in [0.15, 0.2) is 0 Å². The van der Waals surface area contributed by atoms with Gasteiger partial charge in [0.05, 0.1) is 0 Å². The summed E-state index contributed by atoms with van der Waals surface area (Å²) in [5.74, 6) is 0. The predicted molar refractivity (Wildman–Crippen MR) is 49.5 cm³/mol. The van der Waals surface area contributed by atoms with Gasteiger partial charge in [0, 0.05) is 10.9 Å². The van der Waals surface area contributed by atoms with Crippen molar-refractivity contribution in [1.29, 1.82) is 0 Å². The fraction of sp³-hybridized carbons (Fsp3) is 0.500. The molecule has 11 heavy (non-hydrogen) atoms. The molecule has 1 heterocycles. The van der Waals surface area contributed by atoms with E-state index in [-0.39, 0.29) is 6.04 Å². The van der Waals surface area contributed by atoms with Crippen molar-refractivity contribution in [3.05, 3.63) is 22.4 Å². The zero-order valence-corrected chi connectivity index (χ0v) is 7.31. The Labute approximate surface area is 71.2 Å². The number of nitrogens with two attached hydrogens (primary N) is 2. The van der Waals surface area contributed by atoms with Crippen molar-refractivity contribution in [2.45, 2.75) is 18.9 Å². The van der Waals surface area contributed by atoms with Crippen LogP contribution in [0, 0.1) is 0 Å². The summed E-state index contributed by atoms with van der Waals surface area (Å²) < 4.78 is 0. The van der Waals surface area contributed by atoms with Crippen molar-refractivity contribution in [2.75, 3.05) is 6.54 Å². The molecule has 0 amide bonds. The molecule has 1 atom stereocenters. The highest BCUT2D eigenvalue weighted by Gasteiger charge is 2.04. The second kappa shape index (κ2) is 4.49. The smallest absolute Gasteiger partial charge is 0.0390 e. The van der Waals surface area contributed by atoms with Crippen LogP contribution in [0.25, 0.3) is 0 Å². The second-order valence-electron chi connectivity index (χ2n) is 2.55. The first-order valence-electron chi connectivity index (χ1n) is 3.83. The molecule has 1 aromatic heterocycles. The van der Waals surface area contributed by atoms with Gasteiger partial charge in [-0.3, -0.25) is 0 Å². The van der Waals surface area contributed by atoms with Crippen molar-refractivity contribution in [3.8, 4) is 0 Å². The summed E-state index contributed by atoms with van der Waals surface area (Å²) >= 11 is 1.72. The number of thiophene rings is 1. The van der Waals surface area contributed by atoms with Crippen LogP contribution >= 0.6 is 11.3 Å². The average molecular weight is 170 g/mol. The molecular weight excluding hydrogens is 156 g/mol. The van der Waals surface area contributed by atoms with Gasteiger partial charge in [0.1, 0.15) is 0 Å². The Bertz CT molecular complexity index is 184. The third-order valence-corrected chi connectivity index (χ3v) is 2.63. The van der Waals surface area contributed by atoms with Gasteiger partial charge in [0.2, 0.25) is 0 Å². The molecule has 1 rings (SSSR count). The van der Waals surface area contributed by atoms with Gasteiger partial charge >= 0.3 is 0 Å². The lowest BCUT2D eigenvalue weighted by Crippen LogP contribution is -2.10. The molecule has 2 nitrogen and oxygen atoms in total. The van der Waals surface area contributed by atoms with Gasteiger partial charge in [-0.25, -0.2) is 0 Å². The Kier molecular flexibility index (Phi) is 3.56. The maximum atomic E-state index is 5.88. The van der Waals surface area contributed by atoms with E-state index in [4.69, 9.17) is 11.5 Å². The molecule has 1 unspecified atom stereocenters. The molecule has 0 radical (unpaired) electrons. The molecule has 0 aliphatic carbocycles. The van der Waals surface area contributed by atoms with Gasteiger partial charge in [-0.2, -0.15) is 0 Å². The zero-order chi connectivity index (χ0) is 8.10. The third-order valence-electron chi connectivity index (χ3n) is 1.63. The van der Waals surface area contributed by atoms with Crippen molar-refractivity contribution < 1.29 is 0 Å². The van der Waals surface area contributed by atoms with E-state index < -0.39 is 0 Å². The lowest BCUT2D eigenvalue weighted by molar-refractivity contribution is 0.626. The molecule has 0 spiro atoms. The predicted octanol–water partition coefficient (Wildman–Crippen LogP) is 1.49. The van der Waals surface area contributed by atoms with E-state index in [1.165, 1.54) is 4.88 Å². The number of rotatable bonds is 4. The molecule has 0 aromatic carbocycles. The van der Waals surface area contributed by atoms with Crippen LogP contribution in [0.15, 0.2) is 17.5 Å². The lowest BCUT2D eigenvalue weighted by atomic mass is 10.1. The minimum atomic E-state index is 0.193. The van der Waals surface area contributed by atoms with E-state index in [0.29, 0.717) is 0 Å². The Balaban J connectivity index is 2.36. The Hall–Kier alpha value is -0.380. The van der Waals surface area contributed by atoms with E-state index in [1.54, 1.807) is 11.3 Å². The average Bonchev–Trinajstić information content (AvgIpc) is 2.52. The van der Waals surface area contributed by atoms with Gasteiger partial charge in [-0.05, 0) is 30.8 Å². The molecule has 0 fully saturated rings. The molecule has 0 saturated heterocycles. The van der Waals surface area contributed by atoms with Crippen LogP contribution in [0.4, 0.5) is 0 Å². The van der Waals surface area contributed by atoms with Crippen LogP contribution in [0.3, 0.4) is 0 Å². The minimum absolute atomic E-state index is 0.193. The fourth-order valence-electron chi connectivity index (χ4n) is 0.982. The van der Waals surface area contributed by atoms with Gasteiger partial charge in [-0.15, -0.1) is 11.3 Å². The van der Waals surface area contributed by atoms with E-state index >= 15 is 0 Å². The molecule has 0 saturated carbocycles. The highest BCUT2D eigenvalue weighted by molar-refractivity contribution is 7.10. The number of hydrogen-bond acceptors (Lipinski definition) is 3. The van der Waals surface area contributed by atoms with Crippen LogP contribution < -0.4 is 11.5 Å². The first-order valence-corrected chi connectivity index (χ1v) is 4.71. The molecule has 0 aliphatic rings. The largest absolute Gasteiger partial charge is 0.330 e. The summed E-state index contributed by atoms with van der Waals surface area (Å²) in [6, 6.07) is 4.30. The zero-order valence-electron chi connectivity index (χ0n) is 6.49. The van der Waals surface area contributed by atoms with E-state index in [2.05, 4.69) is 11.4 Å². The van der Waals surface area contributed by atoms with Crippen molar-refractivity contribution in [3.63, 3.8) is 0 Å². The van der Waals surface area contributed by atoms with Crippen LogP contribution in [0.5, 0.6) is 0 Å². The van der Waals surface area contributed by atoms with E-state index in [0.717, 1.165) is 19.4 Å². The highest BCUT2D eigenvalue weighted by Crippen LogP contribution is 2.19. The molecule has 62 valence electrons. The second-order valence-corrected chi connectivity index (χ2v) is 3.53. The summed E-state index contributed by atoms with van der Waals surface area (Å²) in [7, 11) is 0. The third kappa shape index (κ3) is 2.61. The standard InChI is InChI=1S/C8H14N2S/c9-5-1-3-7(10)8-4-2-6-11-8/h2,4,6-7H,1,3,5,9-10H2. The maximum Gasteiger partial charge on any atom is 0.0390 e. The summed E-state index contributed by atoms with van der Waals surface area (Å²) in [5.41, 5.74) is 11.3. The number of hydrogen-bond donors (Lipinski definition) is 2. The molecule has 1 aromatic rings. The van der Waals surface area contributed by atoms with E-state index in [1.807, 2.05) is 6.07 Å². The fourth-order valence-corrected chi connectivity index (χ4v) is 1.75. The van der Waals surface area contributed by atoms with Crippen molar-refractivity contribution in [2.24, 2.45) is 11.5 Å². The van der Waals surface area contributed by atoms with Gasteiger partial charge in [0.25, 0.3) is 0 Å². The summed E-state index contributed by atoms with van der Waals surface area (Å²) in [6.07, 6.45) is 2.01.